The molecule has 1 rings (SSSR count). The number of ketones is 1. The molecule has 0 aromatic heterocycles. The van der Waals surface area contributed by atoms with Crippen molar-refractivity contribution in [3.05, 3.63) is 23.8 Å². The van der Waals surface area contributed by atoms with Crippen molar-refractivity contribution in [2.75, 3.05) is 0 Å². The molecule has 0 saturated heterocycles. The molecule has 0 bridgehead atoms. The summed E-state index contributed by atoms with van der Waals surface area (Å²) in [5.74, 6) is 0.723. The van der Waals surface area contributed by atoms with Crippen LogP contribution in [0.15, 0.2) is 23.8 Å². The summed E-state index contributed by atoms with van der Waals surface area (Å²) in [5, 5.41) is 0. The second-order valence-corrected chi connectivity index (χ2v) is 4.56. The van der Waals surface area contributed by atoms with Crippen LogP contribution in [0.4, 0.5) is 0 Å². The fourth-order valence-electron chi connectivity index (χ4n) is 2.02. The number of carbonyl (C=O) groups excluding carboxylic acids is 1. The maximum Gasteiger partial charge on any atom is 0.158 e. The number of rotatable bonds is 5. The molecule has 84 valence electrons. The third-order valence-corrected chi connectivity index (χ3v) is 3.26. The molecule has 0 radical (unpaired) electrons. The summed E-state index contributed by atoms with van der Waals surface area (Å²) in [6.07, 6.45) is 8.61. The van der Waals surface area contributed by atoms with E-state index >= 15 is 0 Å². The van der Waals surface area contributed by atoms with Gasteiger partial charge in [-0.05, 0) is 37.7 Å². The van der Waals surface area contributed by atoms with E-state index in [0.29, 0.717) is 18.1 Å². The predicted octanol–water partition coefficient (Wildman–Crippen LogP) is 4.05. The van der Waals surface area contributed by atoms with Crippen molar-refractivity contribution in [3.63, 3.8) is 0 Å². The highest BCUT2D eigenvalue weighted by Crippen LogP contribution is 2.28. The third kappa shape index (κ3) is 3.65. The minimum Gasteiger partial charge on any atom is -0.295 e. The predicted molar refractivity (Wildman–Crippen MR) is 64.8 cm³/mol. The molecule has 0 heterocycles. The van der Waals surface area contributed by atoms with E-state index < -0.39 is 0 Å². The number of hydrogen-bond donors (Lipinski definition) is 0. The van der Waals surface area contributed by atoms with Crippen molar-refractivity contribution >= 4 is 5.78 Å². The van der Waals surface area contributed by atoms with Gasteiger partial charge in [-0.2, -0.15) is 0 Å². The van der Waals surface area contributed by atoms with Gasteiger partial charge in [-0.3, -0.25) is 4.79 Å². The van der Waals surface area contributed by atoms with Gasteiger partial charge in [0.15, 0.2) is 5.78 Å². The lowest BCUT2D eigenvalue weighted by atomic mass is 9.83. The molecular weight excluding hydrogens is 184 g/mol. The summed E-state index contributed by atoms with van der Waals surface area (Å²) in [5.41, 5.74) is 2.22. The normalized spacial score (nSPS) is 21.3. The Balaban J connectivity index is 2.39. The molecular formula is C14H22O. The van der Waals surface area contributed by atoms with Crippen LogP contribution >= 0.6 is 0 Å². The largest absolute Gasteiger partial charge is 0.295 e. The smallest absolute Gasteiger partial charge is 0.158 e. The fourth-order valence-corrected chi connectivity index (χ4v) is 2.02. The van der Waals surface area contributed by atoms with Crippen LogP contribution in [0.5, 0.6) is 0 Å². The van der Waals surface area contributed by atoms with Crippen LogP contribution in [-0.2, 0) is 4.79 Å². The van der Waals surface area contributed by atoms with Crippen molar-refractivity contribution in [3.8, 4) is 0 Å². The molecule has 0 aliphatic heterocycles. The average molecular weight is 206 g/mol. The van der Waals surface area contributed by atoms with Gasteiger partial charge in [0.05, 0.1) is 0 Å². The van der Waals surface area contributed by atoms with Crippen LogP contribution in [0.3, 0.4) is 0 Å². The molecule has 1 aliphatic rings. The maximum atomic E-state index is 11.5. The van der Waals surface area contributed by atoms with Crippen LogP contribution in [0, 0.1) is 5.92 Å². The number of unbranched alkanes of at least 4 members (excludes halogenated alkanes) is 2. The van der Waals surface area contributed by atoms with Gasteiger partial charge < -0.3 is 0 Å². The first kappa shape index (κ1) is 12.2. The zero-order chi connectivity index (χ0) is 11.3. The lowest BCUT2D eigenvalue weighted by Gasteiger charge is -2.21. The second kappa shape index (κ2) is 5.89. The molecule has 0 saturated carbocycles. The monoisotopic (exact) mass is 206 g/mol. The van der Waals surface area contributed by atoms with Crippen molar-refractivity contribution in [2.45, 2.75) is 52.4 Å². The van der Waals surface area contributed by atoms with Gasteiger partial charge in [0.1, 0.15) is 0 Å². The lowest BCUT2D eigenvalue weighted by molar-refractivity contribution is -0.116. The van der Waals surface area contributed by atoms with Crippen molar-refractivity contribution in [2.24, 2.45) is 5.92 Å². The quantitative estimate of drug-likeness (QED) is 0.490. The summed E-state index contributed by atoms with van der Waals surface area (Å²) < 4.78 is 0. The van der Waals surface area contributed by atoms with E-state index in [2.05, 4.69) is 19.6 Å². The number of carbonyl (C=O) groups is 1. The maximum absolute atomic E-state index is 11.5. The Morgan fingerprint density at radius 2 is 2.27 bits per heavy atom. The standard InChI is InChI=1S/C14H22O/c1-4-5-6-7-11(2)13-9-8-12(3)14(15)10-13/h8,13H,2,4-7,9-10H2,1,3H3. The zero-order valence-corrected chi connectivity index (χ0v) is 10.0. The SMILES string of the molecule is C=C(CCCCC)C1CC=C(C)C(=O)C1. The van der Waals surface area contributed by atoms with Gasteiger partial charge in [-0.15, -0.1) is 0 Å². The summed E-state index contributed by atoms with van der Waals surface area (Å²) >= 11 is 0. The minimum absolute atomic E-state index is 0.308. The lowest BCUT2D eigenvalue weighted by Crippen LogP contribution is -2.15. The fraction of sp³-hybridized carbons (Fsp3) is 0.643. The van der Waals surface area contributed by atoms with E-state index in [-0.39, 0.29) is 0 Å². The Labute approximate surface area is 93.3 Å². The minimum atomic E-state index is 0.308. The van der Waals surface area contributed by atoms with E-state index in [9.17, 15) is 4.79 Å². The molecule has 1 unspecified atom stereocenters. The van der Waals surface area contributed by atoms with Crippen molar-refractivity contribution in [1.82, 2.24) is 0 Å². The van der Waals surface area contributed by atoms with E-state index in [1.54, 1.807) is 0 Å². The number of Topliss-reactive ketones (excluding diaryl/α,β-unsaturated/α-hetero) is 1. The third-order valence-electron chi connectivity index (χ3n) is 3.26. The molecule has 0 amide bonds. The van der Waals surface area contributed by atoms with Crippen molar-refractivity contribution < 1.29 is 4.79 Å². The van der Waals surface area contributed by atoms with Gasteiger partial charge in [0.2, 0.25) is 0 Å². The molecule has 0 spiro atoms. The molecule has 1 heteroatoms. The highest BCUT2D eigenvalue weighted by atomic mass is 16.1. The van der Waals surface area contributed by atoms with E-state index in [1.807, 2.05) is 6.92 Å². The van der Waals surface area contributed by atoms with Crippen LogP contribution < -0.4 is 0 Å². The first-order valence-electron chi connectivity index (χ1n) is 6.02. The van der Waals surface area contributed by atoms with E-state index in [4.69, 9.17) is 0 Å². The van der Waals surface area contributed by atoms with E-state index in [0.717, 1.165) is 18.4 Å². The highest BCUT2D eigenvalue weighted by molar-refractivity contribution is 5.95. The van der Waals surface area contributed by atoms with Crippen molar-refractivity contribution in [1.29, 1.82) is 0 Å². The molecule has 15 heavy (non-hydrogen) atoms. The average Bonchev–Trinajstić information content (AvgIpc) is 2.22. The van der Waals surface area contributed by atoms with Gasteiger partial charge >= 0.3 is 0 Å². The first-order valence-corrected chi connectivity index (χ1v) is 6.02. The summed E-state index contributed by atoms with van der Waals surface area (Å²) in [6.45, 7) is 8.25. The van der Waals surface area contributed by atoms with Gasteiger partial charge in [-0.25, -0.2) is 0 Å². The van der Waals surface area contributed by atoms with Gasteiger partial charge in [0, 0.05) is 6.42 Å². The topological polar surface area (TPSA) is 17.1 Å². The van der Waals surface area contributed by atoms with Gasteiger partial charge in [0.25, 0.3) is 0 Å². The first-order chi connectivity index (χ1) is 7.15. The van der Waals surface area contributed by atoms with E-state index in [1.165, 1.54) is 24.8 Å². The summed E-state index contributed by atoms with van der Waals surface area (Å²) in [6, 6.07) is 0. The Kier molecular flexibility index (Phi) is 4.80. The number of allylic oxidation sites excluding steroid dienone is 3. The van der Waals surface area contributed by atoms with Crippen LogP contribution in [-0.4, -0.2) is 5.78 Å². The molecule has 1 aliphatic carbocycles. The van der Waals surface area contributed by atoms with Crippen LogP contribution in [0.25, 0.3) is 0 Å². The molecule has 0 aromatic rings. The highest BCUT2D eigenvalue weighted by Gasteiger charge is 2.20. The molecule has 0 fully saturated rings. The Morgan fingerprint density at radius 1 is 1.53 bits per heavy atom. The molecule has 1 atom stereocenters. The molecule has 1 nitrogen and oxygen atoms in total. The Bertz CT molecular complexity index is 273. The molecule has 0 N–H and O–H groups in total. The number of hydrogen-bond acceptors (Lipinski definition) is 1. The Hall–Kier alpha value is -0.850. The second-order valence-electron chi connectivity index (χ2n) is 4.56. The Morgan fingerprint density at radius 3 is 2.87 bits per heavy atom. The summed E-state index contributed by atoms with van der Waals surface area (Å²) in [4.78, 5) is 11.5. The zero-order valence-electron chi connectivity index (χ0n) is 10.0. The molecule has 0 aromatic carbocycles. The van der Waals surface area contributed by atoms with Gasteiger partial charge in [-0.1, -0.05) is 38.0 Å². The summed E-state index contributed by atoms with van der Waals surface area (Å²) in [7, 11) is 0. The van der Waals surface area contributed by atoms with Crippen LogP contribution in [0.1, 0.15) is 52.4 Å². The van der Waals surface area contributed by atoms with Crippen LogP contribution in [0.2, 0.25) is 0 Å².